The number of carbonyl (C=O) groups excluding carboxylic acids is 1. The van der Waals surface area contributed by atoms with E-state index in [9.17, 15) is 22.0 Å². The molecule has 1 amide bonds. The van der Waals surface area contributed by atoms with Gasteiger partial charge in [0.25, 0.3) is 0 Å². The molecular weight excluding hydrogens is 434 g/mol. The summed E-state index contributed by atoms with van der Waals surface area (Å²) in [6.45, 7) is 0.421. The molecule has 1 heterocycles. The summed E-state index contributed by atoms with van der Waals surface area (Å²) in [5, 5.41) is 2.78. The zero-order valence-electron chi connectivity index (χ0n) is 17.2. The molecule has 1 atom stereocenters. The number of nitrogens with zero attached hydrogens (tertiary/aromatic N) is 1. The van der Waals surface area contributed by atoms with Crippen molar-refractivity contribution in [1.82, 2.24) is 9.62 Å². The minimum absolute atomic E-state index is 0.0185. The largest absolute Gasteiger partial charge is 0.352 e. The molecule has 0 radical (unpaired) electrons. The van der Waals surface area contributed by atoms with Gasteiger partial charge in [-0.25, -0.2) is 17.2 Å². The molecule has 4 rings (SSSR count). The lowest BCUT2D eigenvalue weighted by Crippen LogP contribution is -2.42. The quantitative estimate of drug-likeness (QED) is 0.611. The Morgan fingerprint density at radius 1 is 0.938 bits per heavy atom. The highest BCUT2D eigenvalue weighted by Gasteiger charge is 2.37. The molecule has 1 N–H and O–H groups in total. The number of carbonyl (C=O) groups is 1. The first-order valence-electron chi connectivity index (χ1n) is 10.2. The van der Waals surface area contributed by atoms with Crippen LogP contribution in [0.15, 0.2) is 77.7 Å². The number of hydrogen-bond donors (Lipinski definition) is 1. The Bertz CT molecular complexity index is 1210. The highest BCUT2D eigenvalue weighted by atomic mass is 32.2. The summed E-state index contributed by atoms with van der Waals surface area (Å²) in [5.41, 5.74) is 2.51. The van der Waals surface area contributed by atoms with Gasteiger partial charge in [0.2, 0.25) is 15.9 Å². The SMILES string of the molecule is O=C(C[C@@H]1c2ccccc2CCN1S(=O)(=O)c1ccc(F)cc1)NCc1ccc(F)cc1. The summed E-state index contributed by atoms with van der Waals surface area (Å²) < 4.78 is 54.4. The molecule has 1 aliphatic rings. The number of hydrogen-bond acceptors (Lipinski definition) is 3. The van der Waals surface area contributed by atoms with E-state index in [1.807, 2.05) is 24.3 Å². The average Bonchev–Trinajstić information content (AvgIpc) is 2.79. The van der Waals surface area contributed by atoms with Gasteiger partial charge in [0.15, 0.2) is 0 Å². The maximum Gasteiger partial charge on any atom is 0.243 e. The van der Waals surface area contributed by atoms with E-state index >= 15 is 0 Å². The lowest BCUT2D eigenvalue weighted by molar-refractivity contribution is -0.122. The zero-order chi connectivity index (χ0) is 22.7. The topological polar surface area (TPSA) is 66.5 Å². The fourth-order valence-electron chi connectivity index (χ4n) is 3.92. The van der Waals surface area contributed by atoms with E-state index in [1.165, 1.54) is 28.6 Å². The number of benzene rings is 3. The fourth-order valence-corrected chi connectivity index (χ4v) is 5.53. The van der Waals surface area contributed by atoms with Gasteiger partial charge in [0.1, 0.15) is 11.6 Å². The highest BCUT2D eigenvalue weighted by Crippen LogP contribution is 2.36. The monoisotopic (exact) mass is 456 g/mol. The minimum Gasteiger partial charge on any atom is -0.352 e. The molecule has 5 nitrogen and oxygen atoms in total. The van der Waals surface area contributed by atoms with E-state index in [-0.39, 0.29) is 36.1 Å². The maximum absolute atomic E-state index is 13.3. The first-order valence-corrected chi connectivity index (χ1v) is 11.6. The van der Waals surface area contributed by atoms with E-state index in [0.717, 1.165) is 28.8 Å². The third-order valence-corrected chi connectivity index (χ3v) is 7.49. The highest BCUT2D eigenvalue weighted by molar-refractivity contribution is 7.89. The lowest BCUT2D eigenvalue weighted by Gasteiger charge is -2.36. The normalized spacial score (nSPS) is 16.4. The number of nitrogens with one attached hydrogen (secondary N) is 1. The van der Waals surface area contributed by atoms with E-state index in [4.69, 9.17) is 0 Å². The van der Waals surface area contributed by atoms with Gasteiger partial charge >= 0.3 is 0 Å². The zero-order valence-corrected chi connectivity index (χ0v) is 18.0. The predicted molar refractivity (Wildman–Crippen MR) is 116 cm³/mol. The van der Waals surface area contributed by atoms with Crippen LogP contribution in [0.25, 0.3) is 0 Å². The van der Waals surface area contributed by atoms with E-state index < -0.39 is 21.9 Å². The summed E-state index contributed by atoms with van der Waals surface area (Å²) in [7, 11) is -3.94. The van der Waals surface area contributed by atoms with Crippen LogP contribution in [0, 0.1) is 11.6 Å². The van der Waals surface area contributed by atoms with Crippen LogP contribution in [0.1, 0.15) is 29.2 Å². The first kappa shape index (κ1) is 22.1. The third-order valence-electron chi connectivity index (χ3n) is 5.57. The Kier molecular flexibility index (Phi) is 6.34. The van der Waals surface area contributed by atoms with Gasteiger partial charge in [-0.1, -0.05) is 36.4 Å². The molecule has 0 saturated heterocycles. The Hall–Kier alpha value is -3.10. The molecule has 0 fully saturated rings. The Balaban J connectivity index is 1.58. The second-order valence-corrected chi connectivity index (χ2v) is 9.53. The van der Waals surface area contributed by atoms with Crippen LogP contribution in [0.3, 0.4) is 0 Å². The van der Waals surface area contributed by atoms with Crippen LogP contribution in [0.5, 0.6) is 0 Å². The maximum atomic E-state index is 13.3. The number of amides is 1. The summed E-state index contributed by atoms with van der Waals surface area (Å²) in [4.78, 5) is 12.7. The molecule has 8 heteroatoms. The smallest absolute Gasteiger partial charge is 0.243 e. The van der Waals surface area contributed by atoms with Crippen molar-refractivity contribution >= 4 is 15.9 Å². The minimum atomic E-state index is -3.94. The first-order chi connectivity index (χ1) is 15.3. The van der Waals surface area contributed by atoms with Crippen molar-refractivity contribution in [1.29, 1.82) is 0 Å². The van der Waals surface area contributed by atoms with Crippen molar-refractivity contribution in [2.75, 3.05) is 6.54 Å². The molecule has 0 saturated carbocycles. The van der Waals surface area contributed by atoms with E-state index in [0.29, 0.717) is 6.42 Å². The molecule has 0 aromatic heterocycles. The summed E-state index contributed by atoms with van der Waals surface area (Å²) >= 11 is 0. The van der Waals surface area contributed by atoms with E-state index in [1.54, 1.807) is 12.1 Å². The molecule has 32 heavy (non-hydrogen) atoms. The van der Waals surface area contributed by atoms with Crippen LogP contribution in [0.4, 0.5) is 8.78 Å². The predicted octanol–water partition coefficient (Wildman–Crippen LogP) is 3.96. The molecule has 0 spiro atoms. The van der Waals surface area contributed by atoms with Crippen LogP contribution >= 0.6 is 0 Å². The average molecular weight is 457 g/mol. The molecule has 3 aromatic rings. The van der Waals surface area contributed by atoms with Crippen LogP contribution in [0.2, 0.25) is 0 Å². The molecule has 0 bridgehead atoms. The Labute approximate surface area is 185 Å². The Morgan fingerprint density at radius 2 is 1.56 bits per heavy atom. The van der Waals surface area contributed by atoms with E-state index in [2.05, 4.69) is 5.32 Å². The molecule has 3 aromatic carbocycles. The lowest BCUT2D eigenvalue weighted by atomic mass is 9.92. The molecular formula is C24H22F2N2O3S. The van der Waals surface area contributed by atoms with Crippen LogP contribution < -0.4 is 5.32 Å². The van der Waals surface area contributed by atoms with Gasteiger partial charge in [0, 0.05) is 19.5 Å². The third kappa shape index (κ3) is 4.71. The molecule has 1 aliphatic heterocycles. The summed E-state index contributed by atoms with van der Waals surface area (Å²) in [5.74, 6) is -1.21. The fraction of sp³-hybridized carbons (Fsp3) is 0.208. The van der Waals surface area contributed by atoms with Gasteiger partial charge < -0.3 is 5.32 Å². The van der Waals surface area contributed by atoms with Gasteiger partial charge in [0.05, 0.1) is 10.9 Å². The summed E-state index contributed by atoms with van der Waals surface area (Å²) in [6, 6.07) is 17.2. The second-order valence-electron chi connectivity index (χ2n) is 7.64. The standard InChI is InChI=1S/C24H22F2N2O3S/c25-19-7-5-17(6-8-19)16-27-24(29)15-23-22-4-2-1-3-18(22)13-14-28(23)32(30,31)21-11-9-20(26)10-12-21/h1-12,23H,13-16H2,(H,27,29)/t23-/m1/s1. The number of halogens is 2. The molecule has 166 valence electrons. The molecule has 0 aliphatic carbocycles. The van der Waals surface area contributed by atoms with Crippen molar-refractivity contribution in [2.45, 2.75) is 30.3 Å². The van der Waals surface area contributed by atoms with Gasteiger partial charge in [-0.3, -0.25) is 4.79 Å². The van der Waals surface area contributed by atoms with Crippen molar-refractivity contribution in [3.05, 3.63) is 101 Å². The van der Waals surface area contributed by atoms with Crippen molar-refractivity contribution < 1.29 is 22.0 Å². The van der Waals surface area contributed by atoms with Crippen LogP contribution in [-0.4, -0.2) is 25.2 Å². The van der Waals surface area contributed by atoms with Gasteiger partial charge in [-0.15, -0.1) is 0 Å². The molecule has 0 unspecified atom stereocenters. The van der Waals surface area contributed by atoms with Crippen LogP contribution in [-0.2, 0) is 27.8 Å². The van der Waals surface area contributed by atoms with Crippen molar-refractivity contribution in [3.8, 4) is 0 Å². The second kappa shape index (κ2) is 9.18. The van der Waals surface area contributed by atoms with Gasteiger partial charge in [-0.2, -0.15) is 4.31 Å². The number of fused-ring (bicyclic) bond motifs is 1. The van der Waals surface area contributed by atoms with Crippen molar-refractivity contribution in [3.63, 3.8) is 0 Å². The summed E-state index contributed by atoms with van der Waals surface area (Å²) in [6.07, 6.45) is 0.447. The van der Waals surface area contributed by atoms with Gasteiger partial charge in [-0.05, 0) is 59.5 Å². The van der Waals surface area contributed by atoms with Crippen molar-refractivity contribution in [2.24, 2.45) is 0 Å². The number of sulfonamides is 1. The number of rotatable bonds is 6. The Morgan fingerprint density at radius 3 is 2.25 bits per heavy atom.